The van der Waals surface area contributed by atoms with Crippen LogP contribution in [0.2, 0.25) is 0 Å². The van der Waals surface area contributed by atoms with Crippen molar-refractivity contribution in [1.82, 2.24) is 0 Å². The minimum atomic E-state index is -2.80. The first-order valence-corrected chi connectivity index (χ1v) is 22.9. The number of hydrogen-bond acceptors (Lipinski definition) is 12. The second kappa shape index (κ2) is 22.3. The topological polar surface area (TPSA) is 96.9 Å². The minimum absolute atomic E-state index is 0. The molecule has 0 bridgehead atoms. The van der Waals surface area contributed by atoms with E-state index in [2.05, 4.69) is 0 Å². The van der Waals surface area contributed by atoms with Crippen molar-refractivity contribution in [2.45, 2.75) is 117 Å². The molecule has 204 valence electrons. The molecule has 0 aliphatic carbocycles. The monoisotopic (exact) mass is 754 g/mol. The molecule has 0 rings (SSSR count). The fourth-order valence-electron chi connectivity index (χ4n) is 1.62. The summed E-state index contributed by atoms with van der Waals surface area (Å²) in [6.45, 7) is 22.7. The van der Waals surface area contributed by atoms with Crippen molar-refractivity contribution in [2.75, 3.05) is 0 Å². The summed E-state index contributed by atoms with van der Waals surface area (Å²) in [5, 5.41) is 0.784. The fraction of sp³-hybridized carbons (Fsp3) is 1.00. The predicted octanol–water partition coefficient (Wildman–Crippen LogP) is 6.03. The summed E-state index contributed by atoms with van der Waals surface area (Å²) in [4.78, 5) is 34.2. The van der Waals surface area contributed by atoms with Gasteiger partial charge in [0.25, 0.3) is 0 Å². The van der Waals surface area contributed by atoms with E-state index >= 15 is 0 Å². The van der Waals surface area contributed by atoms with Gasteiger partial charge in [0.2, 0.25) is 0 Å². The molecule has 0 aliphatic rings. The van der Waals surface area contributed by atoms with Gasteiger partial charge < -0.3 is 28.3 Å². The van der Waals surface area contributed by atoms with Gasteiger partial charge in [0, 0.05) is 32.8 Å². The predicted molar refractivity (Wildman–Crippen MR) is 165 cm³/mol. The summed E-state index contributed by atoms with van der Waals surface area (Å²) in [6, 6.07) is 0. The van der Waals surface area contributed by atoms with Crippen LogP contribution in [0.15, 0.2) is 0 Å². The molecule has 0 radical (unpaired) electrons. The Morgan fingerprint density at radius 3 is 0.706 bits per heavy atom. The zero-order valence-electron chi connectivity index (χ0n) is 22.3. The van der Waals surface area contributed by atoms with Crippen LogP contribution in [-0.4, -0.2) is 59.9 Å². The molecule has 3 unspecified atom stereocenters. The van der Waals surface area contributed by atoms with Gasteiger partial charge in [-0.3, -0.25) is 0 Å². The smallest absolute Gasteiger partial charge is 0.793 e. The van der Waals surface area contributed by atoms with Gasteiger partial charge in [-0.15, -0.1) is 34.1 Å². The van der Waals surface area contributed by atoms with Crippen molar-refractivity contribution in [3.8, 4) is 0 Å². The Morgan fingerprint density at radius 1 is 0.471 bits per heavy atom. The Balaban J connectivity index is -0.000000196. The maximum atomic E-state index is 11.4. The first-order chi connectivity index (χ1) is 14.5. The van der Waals surface area contributed by atoms with E-state index in [4.69, 9.17) is 49.0 Å². The fourth-order valence-corrected chi connectivity index (χ4v) is 17.7. The van der Waals surface area contributed by atoms with Crippen molar-refractivity contribution in [3.05, 3.63) is 0 Å². The van der Waals surface area contributed by atoms with Gasteiger partial charge in [-0.2, -0.15) is 0 Å². The molecule has 0 amide bonds. The summed E-state index contributed by atoms with van der Waals surface area (Å²) in [5.41, 5.74) is -8.41. The average Bonchev–Trinajstić information content (AvgIpc) is 2.38. The second-order valence-corrected chi connectivity index (χ2v) is 27.7. The Hall–Kier alpha value is 3.63. The van der Waals surface area contributed by atoms with E-state index in [0.717, 1.165) is 0 Å². The van der Waals surface area contributed by atoms with Crippen LogP contribution in [-0.2, 0) is 49.0 Å². The van der Waals surface area contributed by atoms with Gasteiger partial charge in [-0.05, 0) is 41.5 Å². The van der Waals surface area contributed by atoms with E-state index in [-0.39, 0.29) is 59.9 Å². The zero-order chi connectivity index (χ0) is 27.2. The van der Waals surface area contributed by atoms with Crippen LogP contribution in [0.4, 0.5) is 0 Å². The van der Waals surface area contributed by atoms with Crippen LogP contribution >= 0.6 is 51.2 Å². The largest absolute Gasteiger partial charge is 3.00 e. The quantitative estimate of drug-likeness (QED) is 0.218. The number of hydrogen-bond donors (Lipinski definition) is 0. The van der Waals surface area contributed by atoms with Crippen molar-refractivity contribution in [2.24, 2.45) is 0 Å². The molecule has 0 saturated heterocycles. The number of rotatable bonds is 12. The molecular formula is C18H42InO6P3S6. The van der Waals surface area contributed by atoms with Crippen LogP contribution < -0.4 is 14.7 Å². The summed E-state index contributed by atoms with van der Waals surface area (Å²) in [6.07, 6.45) is -0.154. The van der Waals surface area contributed by atoms with Crippen molar-refractivity contribution in [1.29, 1.82) is 0 Å². The zero-order valence-corrected chi connectivity index (χ0v) is 33.2. The molecule has 0 fully saturated rings. The average molecular weight is 755 g/mol. The van der Waals surface area contributed by atoms with Crippen LogP contribution in [0.3, 0.4) is 0 Å². The van der Waals surface area contributed by atoms with E-state index in [9.17, 15) is 14.7 Å². The van der Waals surface area contributed by atoms with Crippen molar-refractivity contribution >= 4 is 112 Å². The maximum absolute atomic E-state index is 11.4. The first-order valence-electron chi connectivity index (χ1n) is 10.5. The van der Waals surface area contributed by atoms with E-state index in [1.54, 1.807) is 0 Å². The summed E-state index contributed by atoms with van der Waals surface area (Å²) >= 11 is 18.1. The third-order valence-electron chi connectivity index (χ3n) is 2.04. The molecule has 0 aliphatic heterocycles. The first kappa shape index (κ1) is 44.6. The van der Waals surface area contributed by atoms with Crippen LogP contribution in [0, 0.1) is 0 Å². The SMILES string of the molecule is CC(C)OP([O-])(=S)SC(C)C.CC(C)OP([O-])(=S)SC(C)C.CC(C)OP([O-])(=S)SC(C)C.[In+3]. The standard InChI is InChI=1S/3C6H15O2PS2.In/c3*1-5(2)8-9(7,10)11-6(3)4;/h3*5-6H,1-4H3,(H,7,10);/q;;;+3/p-3. The van der Waals surface area contributed by atoms with Crippen molar-refractivity contribution in [3.63, 3.8) is 0 Å². The molecule has 0 aromatic rings. The van der Waals surface area contributed by atoms with Gasteiger partial charge >= 0.3 is 25.8 Å². The van der Waals surface area contributed by atoms with Crippen LogP contribution in [0.25, 0.3) is 0 Å². The van der Waals surface area contributed by atoms with E-state index in [1.165, 1.54) is 34.1 Å². The Morgan fingerprint density at radius 2 is 0.618 bits per heavy atom. The summed E-state index contributed by atoms with van der Waals surface area (Å²) in [7, 11) is 0. The van der Waals surface area contributed by atoms with Crippen LogP contribution in [0.1, 0.15) is 83.1 Å². The maximum Gasteiger partial charge on any atom is 3.00 e. The van der Waals surface area contributed by atoms with E-state index in [0.29, 0.717) is 0 Å². The molecule has 0 aromatic heterocycles. The molecule has 3 atom stereocenters. The molecule has 34 heavy (non-hydrogen) atoms. The molecule has 16 heteroatoms. The van der Waals surface area contributed by atoms with Gasteiger partial charge in [0.15, 0.2) is 0 Å². The second-order valence-electron chi connectivity index (χ2n) is 8.27. The van der Waals surface area contributed by atoms with Crippen molar-refractivity contribution < 1.29 is 28.3 Å². The minimum Gasteiger partial charge on any atom is -0.793 e. The van der Waals surface area contributed by atoms with Gasteiger partial charge in [0.1, 0.15) is 0 Å². The van der Waals surface area contributed by atoms with E-state index in [1.807, 2.05) is 83.1 Å². The molecule has 0 N–H and O–H groups in total. The third-order valence-corrected chi connectivity index (χ3v) is 16.1. The third kappa shape index (κ3) is 37.8. The molecule has 0 spiro atoms. The Kier molecular flexibility index (Phi) is 29.3. The molecule has 0 saturated carbocycles. The molecular weight excluding hydrogens is 712 g/mol. The summed E-state index contributed by atoms with van der Waals surface area (Å²) < 4.78 is 15.2. The Bertz CT molecular complexity index is 526. The molecule has 6 nitrogen and oxygen atoms in total. The summed E-state index contributed by atoms with van der Waals surface area (Å²) in [5.74, 6) is 0. The van der Waals surface area contributed by atoms with E-state index < -0.39 is 17.1 Å². The molecule has 0 aromatic carbocycles. The normalized spacial score (nSPS) is 16.9. The van der Waals surface area contributed by atoms with Gasteiger partial charge in [-0.1, -0.05) is 77.0 Å². The van der Waals surface area contributed by atoms with Crippen LogP contribution in [0.5, 0.6) is 0 Å². The Labute approximate surface area is 255 Å². The molecule has 0 heterocycles. The van der Waals surface area contributed by atoms with Gasteiger partial charge in [-0.25, -0.2) is 0 Å². The van der Waals surface area contributed by atoms with Gasteiger partial charge in [0.05, 0.1) is 18.3 Å².